The second-order valence-corrected chi connectivity index (χ2v) is 7.54. The molecule has 3 rings (SSSR count). The monoisotopic (exact) mass is 360 g/mol. The number of piperidine rings is 1. The van der Waals surface area contributed by atoms with Crippen molar-refractivity contribution in [3.8, 4) is 0 Å². The number of para-hydroxylation sites is 2. The van der Waals surface area contributed by atoms with Gasteiger partial charge >= 0.3 is 0 Å². The molecule has 0 radical (unpaired) electrons. The van der Waals surface area contributed by atoms with Crippen LogP contribution in [0.5, 0.6) is 0 Å². The highest BCUT2D eigenvalue weighted by Gasteiger charge is 2.20. The Morgan fingerprint density at radius 2 is 2.04 bits per heavy atom. The van der Waals surface area contributed by atoms with Crippen LogP contribution in [0.25, 0.3) is 11.0 Å². The summed E-state index contributed by atoms with van der Waals surface area (Å²) < 4.78 is 2.18. The van der Waals surface area contributed by atoms with E-state index in [-0.39, 0.29) is 5.91 Å². The zero-order valence-corrected chi connectivity index (χ0v) is 16.0. The number of rotatable bonds is 7. The number of carbonyl (C=O) groups is 1. The lowest BCUT2D eigenvalue weighted by Gasteiger charge is -2.32. The maximum atomic E-state index is 12.3. The molecule has 2 heterocycles. The van der Waals surface area contributed by atoms with Gasteiger partial charge < -0.3 is 14.8 Å². The number of aromatic nitrogens is 2. The van der Waals surface area contributed by atoms with Gasteiger partial charge in [-0.15, -0.1) is 0 Å². The molecule has 0 aliphatic carbocycles. The highest BCUT2D eigenvalue weighted by molar-refractivity contribution is 7.99. The summed E-state index contributed by atoms with van der Waals surface area (Å²) in [7, 11) is 0. The predicted molar refractivity (Wildman–Crippen MR) is 104 cm³/mol. The van der Waals surface area contributed by atoms with E-state index in [1.807, 2.05) is 18.2 Å². The molecule has 0 saturated carbocycles. The number of aryl methyl sites for hydroxylation is 1. The first kappa shape index (κ1) is 18.3. The maximum Gasteiger partial charge on any atom is 0.230 e. The normalized spacial score (nSPS) is 16.4. The number of nitrogens with zero attached hydrogens (tertiary/aromatic N) is 3. The minimum Gasteiger partial charge on any atom is -0.353 e. The van der Waals surface area contributed by atoms with Gasteiger partial charge in [-0.25, -0.2) is 4.98 Å². The van der Waals surface area contributed by atoms with Crippen molar-refractivity contribution in [3.63, 3.8) is 0 Å². The Morgan fingerprint density at radius 1 is 1.28 bits per heavy atom. The molecule has 1 aromatic carbocycles. The molecule has 0 spiro atoms. The molecule has 1 saturated heterocycles. The summed E-state index contributed by atoms with van der Waals surface area (Å²) in [6.45, 7) is 8.55. The number of thioether (sulfide) groups is 1. The number of amides is 1. The standard InChI is InChI=1S/C19H28N4OS/c1-3-11-22-12-9-15(10-13-22)20-18(24)14-25-19-21-16-7-5-6-8-17(16)23(19)4-2/h5-8,15H,3-4,9-14H2,1-2H3,(H,20,24). The summed E-state index contributed by atoms with van der Waals surface area (Å²) in [5.74, 6) is 0.548. The van der Waals surface area contributed by atoms with Crippen LogP contribution in [0, 0.1) is 0 Å². The van der Waals surface area contributed by atoms with Gasteiger partial charge in [-0.05, 0) is 44.9 Å². The van der Waals surface area contributed by atoms with Crippen LogP contribution < -0.4 is 5.32 Å². The molecule has 2 aromatic rings. The summed E-state index contributed by atoms with van der Waals surface area (Å²) in [4.78, 5) is 19.5. The molecular weight excluding hydrogens is 332 g/mol. The van der Waals surface area contributed by atoms with Gasteiger partial charge in [0.25, 0.3) is 0 Å². The summed E-state index contributed by atoms with van der Waals surface area (Å²) in [5.41, 5.74) is 2.13. The van der Waals surface area contributed by atoms with Crippen LogP contribution in [-0.2, 0) is 11.3 Å². The van der Waals surface area contributed by atoms with Gasteiger partial charge in [-0.3, -0.25) is 4.79 Å². The van der Waals surface area contributed by atoms with E-state index < -0.39 is 0 Å². The van der Waals surface area contributed by atoms with Crippen LogP contribution in [0.1, 0.15) is 33.1 Å². The van der Waals surface area contributed by atoms with E-state index in [0.29, 0.717) is 11.8 Å². The van der Waals surface area contributed by atoms with Crippen molar-refractivity contribution in [2.45, 2.75) is 50.9 Å². The lowest BCUT2D eigenvalue weighted by atomic mass is 10.1. The van der Waals surface area contributed by atoms with Crippen molar-refractivity contribution in [2.24, 2.45) is 0 Å². The highest BCUT2D eigenvalue weighted by Crippen LogP contribution is 2.24. The molecule has 136 valence electrons. The fourth-order valence-corrected chi connectivity index (χ4v) is 4.38. The number of hydrogen-bond donors (Lipinski definition) is 1. The quantitative estimate of drug-likeness (QED) is 0.771. The largest absolute Gasteiger partial charge is 0.353 e. The topological polar surface area (TPSA) is 50.2 Å². The summed E-state index contributed by atoms with van der Waals surface area (Å²) in [6, 6.07) is 8.46. The van der Waals surface area contributed by atoms with Crippen LogP contribution in [0.15, 0.2) is 29.4 Å². The Balaban J connectivity index is 1.51. The maximum absolute atomic E-state index is 12.3. The number of hydrogen-bond acceptors (Lipinski definition) is 4. The van der Waals surface area contributed by atoms with Crippen LogP contribution in [0.2, 0.25) is 0 Å². The third kappa shape index (κ3) is 4.55. The van der Waals surface area contributed by atoms with Gasteiger partial charge in [0.15, 0.2) is 5.16 Å². The molecular formula is C19H28N4OS. The minimum absolute atomic E-state index is 0.119. The van der Waals surface area contributed by atoms with Crippen molar-refractivity contribution < 1.29 is 4.79 Å². The van der Waals surface area contributed by atoms with Crippen molar-refractivity contribution in [2.75, 3.05) is 25.4 Å². The van der Waals surface area contributed by atoms with Crippen LogP contribution in [0.4, 0.5) is 0 Å². The average Bonchev–Trinajstić information content (AvgIpc) is 2.99. The van der Waals surface area contributed by atoms with E-state index in [4.69, 9.17) is 0 Å². The third-order valence-electron chi connectivity index (χ3n) is 4.76. The summed E-state index contributed by atoms with van der Waals surface area (Å²) >= 11 is 1.53. The number of benzene rings is 1. The van der Waals surface area contributed by atoms with Crippen molar-refractivity contribution in [1.29, 1.82) is 0 Å². The number of imidazole rings is 1. The average molecular weight is 361 g/mol. The third-order valence-corrected chi connectivity index (χ3v) is 5.74. The summed E-state index contributed by atoms with van der Waals surface area (Å²) in [5, 5.41) is 4.13. The minimum atomic E-state index is 0.119. The lowest BCUT2D eigenvalue weighted by Crippen LogP contribution is -2.45. The van der Waals surface area contributed by atoms with Crippen LogP contribution >= 0.6 is 11.8 Å². The Labute approximate surface area is 154 Å². The molecule has 6 heteroatoms. The first-order valence-corrected chi connectivity index (χ1v) is 10.3. The molecule has 1 aromatic heterocycles. The smallest absolute Gasteiger partial charge is 0.230 e. The second kappa shape index (κ2) is 8.72. The Kier molecular flexibility index (Phi) is 6.37. The fourth-order valence-electron chi connectivity index (χ4n) is 3.49. The zero-order valence-electron chi connectivity index (χ0n) is 15.2. The van der Waals surface area contributed by atoms with Gasteiger partial charge in [-0.1, -0.05) is 30.8 Å². The van der Waals surface area contributed by atoms with E-state index in [1.165, 1.54) is 24.7 Å². The number of fused-ring (bicyclic) bond motifs is 1. The molecule has 0 unspecified atom stereocenters. The predicted octanol–water partition coefficient (Wildman–Crippen LogP) is 3.14. The Hall–Kier alpha value is -1.53. The van der Waals surface area contributed by atoms with Gasteiger partial charge in [0.05, 0.1) is 16.8 Å². The Bertz CT molecular complexity index is 707. The molecule has 1 aliphatic rings. The summed E-state index contributed by atoms with van der Waals surface area (Å²) in [6.07, 6.45) is 3.32. The highest BCUT2D eigenvalue weighted by atomic mass is 32.2. The molecule has 1 aliphatic heterocycles. The zero-order chi connectivity index (χ0) is 17.6. The van der Waals surface area contributed by atoms with Gasteiger partial charge in [-0.2, -0.15) is 0 Å². The van der Waals surface area contributed by atoms with Gasteiger partial charge in [0, 0.05) is 25.7 Å². The molecule has 0 bridgehead atoms. The van der Waals surface area contributed by atoms with Gasteiger partial charge in [0.1, 0.15) is 0 Å². The molecule has 25 heavy (non-hydrogen) atoms. The first-order valence-electron chi connectivity index (χ1n) is 9.31. The van der Waals surface area contributed by atoms with Crippen molar-refractivity contribution >= 4 is 28.7 Å². The fraction of sp³-hybridized carbons (Fsp3) is 0.579. The molecule has 1 N–H and O–H groups in total. The van der Waals surface area contributed by atoms with Crippen molar-refractivity contribution in [1.82, 2.24) is 19.8 Å². The SMILES string of the molecule is CCCN1CCC(NC(=O)CSc2nc3ccccc3n2CC)CC1. The molecule has 5 nitrogen and oxygen atoms in total. The number of likely N-dealkylation sites (tertiary alicyclic amines) is 1. The lowest BCUT2D eigenvalue weighted by molar-refractivity contribution is -0.119. The van der Waals surface area contributed by atoms with Crippen molar-refractivity contribution in [3.05, 3.63) is 24.3 Å². The van der Waals surface area contributed by atoms with Gasteiger partial charge in [0.2, 0.25) is 5.91 Å². The van der Waals surface area contributed by atoms with E-state index in [0.717, 1.165) is 48.7 Å². The van der Waals surface area contributed by atoms with Crippen LogP contribution in [-0.4, -0.2) is 51.8 Å². The second-order valence-electron chi connectivity index (χ2n) is 6.60. The van der Waals surface area contributed by atoms with E-state index >= 15 is 0 Å². The number of carbonyl (C=O) groups excluding carboxylic acids is 1. The van der Waals surface area contributed by atoms with E-state index in [1.54, 1.807) is 0 Å². The van der Waals surface area contributed by atoms with E-state index in [2.05, 4.69) is 39.7 Å². The molecule has 0 atom stereocenters. The Morgan fingerprint density at radius 3 is 2.76 bits per heavy atom. The van der Waals surface area contributed by atoms with Crippen LogP contribution in [0.3, 0.4) is 0 Å². The first-order chi connectivity index (χ1) is 12.2. The number of nitrogens with one attached hydrogen (secondary N) is 1. The molecule has 1 fully saturated rings. The molecule has 1 amide bonds. The van der Waals surface area contributed by atoms with E-state index in [9.17, 15) is 4.79 Å².